The molecule has 0 radical (unpaired) electrons. The standard InChI is InChI=1S/C13H17N/c1-3-5-11-14(4-2)12-13-9-7-6-8-10-13/h1,6-10H,4-5,11-12H2,2H3. The summed E-state index contributed by atoms with van der Waals surface area (Å²) in [6.45, 7) is 5.21. The number of nitrogens with zero attached hydrogens (tertiary/aromatic N) is 1. The molecule has 0 heterocycles. The molecular formula is C13H17N. The SMILES string of the molecule is C#CCCN(CC)Cc1ccccc1. The van der Waals surface area contributed by atoms with E-state index in [1.54, 1.807) is 0 Å². The third-order valence-electron chi connectivity index (χ3n) is 2.27. The largest absolute Gasteiger partial charge is 0.298 e. The van der Waals surface area contributed by atoms with E-state index in [4.69, 9.17) is 6.42 Å². The number of terminal acetylenes is 1. The summed E-state index contributed by atoms with van der Waals surface area (Å²) >= 11 is 0. The maximum Gasteiger partial charge on any atom is 0.0234 e. The zero-order valence-corrected chi connectivity index (χ0v) is 8.74. The summed E-state index contributed by atoms with van der Waals surface area (Å²) in [6, 6.07) is 10.5. The molecule has 0 spiro atoms. The van der Waals surface area contributed by atoms with Crippen molar-refractivity contribution in [3.05, 3.63) is 35.9 Å². The van der Waals surface area contributed by atoms with Crippen LogP contribution in [-0.2, 0) is 6.54 Å². The van der Waals surface area contributed by atoms with E-state index in [2.05, 4.69) is 42.0 Å². The minimum Gasteiger partial charge on any atom is -0.298 e. The first-order valence-corrected chi connectivity index (χ1v) is 5.06. The molecule has 0 aromatic heterocycles. The first-order chi connectivity index (χ1) is 6.86. The molecule has 0 saturated heterocycles. The van der Waals surface area contributed by atoms with Gasteiger partial charge in [-0.15, -0.1) is 12.3 Å². The Labute approximate surface area is 86.7 Å². The number of hydrogen-bond acceptors (Lipinski definition) is 1. The Bertz CT molecular complexity index is 284. The summed E-state index contributed by atoms with van der Waals surface area (Å²) in [6.07, 6.45) is 6.08. The molecule has 1 rings (SSSR count). The van der Waals surface area contributed by atoms with Crippen LogP contribution in [-0.4, -0.2) is 18.0 Å². The van der Waals surface area contributed by atoms with Crippen LogP contribution in [0.4, 0.5) is 0 Å². The van der Waals surface area contributed by atoms with E-state index < -0.39 is 0 Å². The van der Waals surface area contributed by atoms with Crippen LogP contribution in [0.5, 0.6) is 0 Å². The lowest BCUT2D eigenvalue weighted by molar-refractivity contribution is 0.287. The highest BCUT2D eigenvalue weighted by molar-refractivity contribution is 5.14. The van der Waals surface area contributed by atoms with Crippen molar-refractivity contribution in [2.24, 2.45) is 0 Å². The maximum absolute atomic E-state index is 5.25. The second-order valence-electron chi connectivity index (χ2n) is 3.31. The lowest BCUT2D eigenvalue weighted by Crippen LogP contribution is -2.23. The van der Waals surface area contributed by atoms with E-state index in [0.717, 1.165) is 26.1 Å². The Morgan fingerprint density at radius 3 is 2.57 bits per heavy atom. The Morgan fingerprint density at radius 1 is 1.29 bits per heavy atom. The van der Waals surface area contributed by atoms with Crippen molar-refractivity contribution in [1.29, 1.82) is 0 Å². The Morgan fingerprint density at radius 2 is 2.00 bits per heavy atom. The summed E-state index contributed by atoms with van der Waals surface area (Å²) in [4.78, 5) is 2.36. The molecule has 0 amide bonds. The van der Waals surface area contributed by atoms with Gasteiger partial charge in [-0.1, -0.05) is 37.3 Å². The fraction of sp³-hybridized carbons (Fsp3) is 0.385. The summed E-state index contributed by atoms with van der Waals surface area (Å²) in [5, 5.41) is 0. The molecule has 0 bridgehead atoms. The molecule has 1 aromatic rings. The average molecular weight is 187 g/mol. The van der Waals surface area contributed by atoms with Crippen LogP contribution in [0.1, 0.15) is 18.9 Å². The van der Waals surface area contributed by atoms with Crippen molar-refractivity contribution >= 4 is 0 Å². The second-order valence-corrected chi connectivity index (χ2v) is 3.31. The molecular weight excluding hydrogens is 170 g/mol. The van der Waals surface area contributed by atoms with Crippen LogP contribution in [0.15, 0.2) is 30.3 Å². The fourth-order valence-corrected chi connectivity index (χ4v) is 1.41. The maximum atomic E-state index is 5.25. The summed E-state index contributed by atoms with van der Waals surface area (Å²) in [5.41, 5.74) is 1.35. The molecule has 0 atom stereocenters. The first kappa shape index (κ1) is 10.8. The van der Waals surface area contributed by atoms with E-state index in [1.807, 2.05) is 6.07 Å². The molecule has 0 fully saturated rings. The smallest absolute Gasteiger partial charge is 0.0234 e. The van der Waals surface area contributed by atoms with Gasteiger partial charge in [0.25, 0.3) is 0 Å². The molecule has 14 heavy (non-hydrogen) atoms. The lowest BCUT2D eigenvalue weighted by atomic mass is 10.2. The molecule has 1 nitrogen and oxygen atoms in total. The van der Waals surface area contributed by atoms with Gasteiger partial charge in [0.05, 0.1) is 0 Å². The van der Waals surface area contributed by atoms with E-state index in [9.17, 15) is 0 Å². The van der Waals surface area contributed by atoms with Crippen molar-refractivity contribution in [3.63, 3.8) is 0 Å². The van der Waals surface area contributed by atoms with Crippen molar-refractivity contribution < 1.29 is 0 Å². The Kier molecular flexibility index (Phi) is 4.82. The highest BCUT2D eigenvalue weighted by Crippen LogP contribution is 2.04. The summed E-state index contributed by atoms with van der Waals surface area (Å²) < 4.78 is 0. The molecule has 0 aliphatic carbocycles. The molecule has 1 aromatic carbocycles. The van der Waals surface area contributed by atoms with Crippen molar-refractivity contribution in [1.82, 2.24) is 4.90 Å². The number of rotatable bonds is 5. The molecule has 0 unspecified atom stereocenters. The van der Waals surface area contributed by atoms with Gasteiger partial charge in [0.1, 0.15) is 0 Å². The van der Waals surface area contributed by atoms with Crippen LogP contribution in [0.2, 0.25) is 0 Å². The van der Waals surface area contributed by atoms with Gasteiger partial charge in [-0.25, -0.2) is 0 Å². The Balaban J connectivity index is 2.45. The highest BCUT2D eigenvalue weighted by Gasteiger charge is 2.01. The van der Waals surface area contributed by atoms with Gasteiger partial charge in [0.2, 0.25) is 0 Å². The molecule has 0 aliphatic heterocycles. The molecule has 0 saturated carbocycles. The fourth-order valence-electron chi connectivity index (χ4n) is 1.41. The molecule has 1 heteroatoms. The molecule has 0 aliphatic rings. The van der Waals surface area contributed by atoms with E-state index in [-0.39, 0.29) is 0 Å². The van der Waals surface area contributed by atoms with Gasteiger partial charge in [0, 0.05) is 19.5 Å². The summed E-state index contributed by atoms with van der Waals surface area (Å²) in [7, 11) is 0. The van der Waals surface area contributed by atoms with E-state index >= 15 is 0 Å². The van der Waals surface area contributed by atoms with Gasteiger partial charge in [-0.05, 0) is 12.1 Å². The highest BCUT2D eigenvalue weighted by atomic mass is 15.1. The average Bonchev–Trinajstić information content (AvgIpc) is 2.25. The lowest BCUT2D eigenvalue weighted by Gasteiger charge is -2.18. The first-order valence-electron chi connectivity index (χ1n) is 5.06. The third kappa shape index (κ3) is 3.64. The topological polar surface area (TPSA) is 3.24 Å². The van der Waals surface area contributed by atoms with Crippen LogP contribution in [0.3, 0.4) is 0 Å². The monoisotopic (exact) mass is 187 g/mol. The number of hydrogen-bond donors (Lipinski definition) is 0. The zero-order chi connectivity index (χ0) is 10.2. The van der Waals surface area contributed by atoms with Crippen molar-refractivity contribution in [2.75, 3.05) is 13.1 Å². The van der Waals surface area contributed by atoms with Crippen LogP contribution in [0.25, 0.3) is 0 Å². The van der Waals surface area contributed by atoms with E-state index in [1.165, 1.54) is 5.56 Å². The van der Waals surface area contributed by atoms with Crippen LogP contribution in [0, 0.1) is 12.3 Å². The van der Waals surface area contributed by atoms with Crippen LogP contribution < -0.4 is 0 Å². The molecule has 74 valence electrons. The summed E-state index contributed by atoms with van der Waals surface area (Å²) in [5.74, 6) is 2.68. The minimum absolute atomic E-state index is 0.834. The van der Waals surface area contributed by atoms with Gasteiger partial charge in [-0.2, -0.15) is 0 Å². The van der Waals surface area contributed by atoms with E-state index in [0.29, 0.717) is 0 Å². The van der Waals surface area contributed by atoms with Gasteiger partial charge < -0.3 is 0 Å². The third-order valence-corrected chi connectivity index (χ3v) is 2.27. The minimum atomic E-state index is 0.834. The van der Waals surface area contributed by atoms with Crippen molar-refractivity contribution in [2.45, 2.75) is 19.9 Å². The van der Waals surface area contributed by atoms with Crippen molar-refractivity contribution in [3.8, 4) is 12.3 Å². The van der Waals surface area contributed by atoms with Gasteiger partial charge in [0.15, 0.2) is 0 Å². The Hall–Kier alpha value is -1.26. The predicted octanol–water partition coefficient (Wildman–Crippen LogP) is 2.53. The quantitative estimate of drug-likeness (QED) is 0.640. The predicted molar refractivity (Wildman–Crippen MR) is 60.8 cm³/mol. The second kappa shape index (κ2) is 6.23. The zero-order valence-electron chi connectivity index (χ0n) is 8.74. The van der Waals surface area contributed by atoms with Gasteiger partial charge in [-0.3, -0.25) is 4.90 Å². The number of benzene rings is 1. The van der Waals surface area contributed by atoms with Gasteiger partial charge >= 0.3 is 0 Å². The normalized spacial score (nSPS) is 10.1. The van der Waals surface area contributed by atoms with Crippen LogP contribution >= 0.6 is 0 Å². The molecule has 0 N–H and O–H groups in total.